The highest BCUT2D eigenvalue weighted by molar-refractivity contribution is 7.12. The molecule has 0 bridgehead atoms. The zero-order valence-corrected chi connectivity index (χ0v) is 19.1. The Balaban J connectivity index is 1.29. The average molecular weight is 463 g/mol. The van der Waals surface area contributed by atoms with Crippen molar-refractivity contribution < 1.29 is 19.1 Å². The first kappa shape index (κ1) is 21.5. The number of rotatable bonds is 6. The fraction of sp³-hybridized carbons (Fsp3) is 0.308. The van der Waals surface area contributed by atoms with Crippen LogP contribution in [-0.2, 0) is 5.41 Å². The minimum atomic E-state index is -0.175. The van der Waals surface area contributed by atoms with Gasteiger partial charge in [-0.15, -0.1) is 11.3 Å². The van der Waals surface area contributed by atoms with E-state index in [1.54, 1.807) is 30.3 Å². The van der Waals surface area contributed by atoms with Gasteiger partial charge in [0.05, 0.1) is 4.88 Å². The van der Waals surface area contributed by atoms with E-state index in [-0.39, 0.29) is 17.2 Å². The molecule has 3 aromatic rings. The molecule has 5 rings (SSSR count). The van der Waals surface area contributed by atoms with Gasteiger partial charge in [0.2, 0.25) is 0 Å². The normalized spacial score (nSPS) is 16.2. The highest BCUT2D eigenvalue weighted by Crippen LogP contribution is 2.43. The zero-order chi connectivity index (χ0) is 22.7. The summed E-state index contributed by atoms with van der Waals surface area (Å²) in [5.74, 6) is 1.24. The summed E-state index contributed by atoms with van der Waals surface area (Å²) in [5.41, 5.74) is 2.19. The summed E-state index contributed by atoms with van der Waals surface area (Å²) in [4.78, 5) is 26.0. The molecule has 0 atom stereocenters. The van der Waals surface area contributed by atoms with Crippen LogP contribution in [0.2, 0.25) is 0 Å². The Labute approximate surface area is 196 Å². The number of carbonyl (C=O) groups is 2. The van der Waals surface area contributed by atoms with Crippen molar-refractivity contribution in [3.63, 3.8) is 0 Å². The van der Waals surface area contributed by atoms with Crippen LogP contribution >= 0.6 is 11.3 Å². The van der Waals surface area contributed by atoms with E-state index in [0.29, 0.717) is 35.9 Å². The first-order chi connectivity index (χ1) is 16.1. The maximum atomic E-state index is 13.0. The zero-order valence-electron chi connectivity index (χ0n) is 18.3. The minimum absolute atomic E-state index is 0.115. The molecule has 2 N–H and O–H groups in total. The van der Waals surface area contributed by atoms with Crippen LogP contribution in [0.3, 0.4) is 0 Å². The molecule has 1 aromatic heterocycles. The summed E-state index contributed by atoms with van der Waals surface area (Å²) in [5, 5.41) is 7.87. The molecule has 0 radical (unpaired) electrons. The molecule has 0 spiro atoms. The van der Waals surface area contributed by atoms with E-state index in [4.69, 9.17) is 9.47 Å². The number of carbonyl (C=O) groups excluding carboxylic acids is 2. The third kappa shape index (κ3) is 4.59. The molecule has 0 saturated heterocycles. The van der Waals surface area contributed by atoms with Crippen molar-refractivity contribution in [3.8, 4) is 11.5 Å². The third-order valence-corrected chi connectivity index (χ3v) is 7.30. The predicted molar refractivity (Wildman–Crippen MR) is 129 cm³/mol. The summed E-state index contributed by atoms with van der Waals surface area (Å²) >= 11 is 1.38. The minimum Gasteiger partial charge on any atom is -0.486 e. The second-order valence-electron chi connectivity index (χ2n) is 8.54. The maximum Gasteiger partial charge on any atom is 0.265 e. The molecule has 2 amide bonds. The molecule has 2 aliphatic rings. The van der Waals surface area contributed by atoms with Gasteiger partial charge in [-0.05, 0) is 60.2 Å². The number of nitrogens with one attached hydrogen (secondary N) is 2. The van der Waals surface area contributed by atoms with Crippen molar-refractivity contribution in [1.82, 2.24) is 5.32 Å². The lowest BCUT2D eigenvalue weighted by Crippen LogP contribution is -2.39. The van der Waals surface area contributed by atoms with Crippen molar-refractivity contribution in [2.24, 2.45) is 0 Å². The third-order valence-electron chi connectivity index (χ3n) is 6.43. The van der Waals surface area contributed by atoms with Crippen molar-refractivity contribution in [1.29, 1.82) is 0 Å². The number of hydrogen-bond donors (Lipinski definition) is 2. The van der Waals surface area contributed by atoms with Gasteiger partial charge in [0.15, 0.2) is 11.5 Å². The van der Waals surface area contributed by atoms with E-state index < -0.39 is 0 Å². The fourth-order valence-corrected chi connectivity index (χ4v) is 5.30. The Bertz CT molecular complexity index is 1150. The summed E-state index contributed by atoms with van der Waals surface area (Å²) in [7, 11) is 0. The second kappa shape index (κ2) is 9.27. The number of amides is 2. The molecule has 2 heterocycles. The Hall–Kier alpha value is -3.32. The van der Waals surface area contributed by atoms with E-state index in [0.717, 1.165) is 37.2 Å². The molecule has 7 heteroatoms. The molecule has 1 aliphatic heterocycles. The van der Waals surface area contributed by atoms with Crippen LogP contribution in [0.4, 0.5) is 5.69 Å². The smallest absolute Gasteiger partial charge is 0.265 e. The van der Waals surface area contributed by atoms with Crippen molar-refractivity contribution in [3.05, 3.63) is 76.0 Å². The Morgan fingerprint density at radius 1 is 0.909 bits per heavy atom. The van der Waals surface area contributed by atoms with Crippen molar-refractivity contribution in [2.45, 2.75) is 31.1 Å². The van der Waals surface area contributed by atoms with Gasteiger partial charge in [0.1, 0.15) is 13.2 Å². The largest absolute Gasteiger partial charge is 0.486 e. The van der Waals surface area contributed by atoms with Crippen LogP contribution in [-0.4, -0.2) is 31.6 Å². The van der Waals surface area contributed by atoms with E-state index in [9.17, 15) is 9.59 Å². The summed E-state index contributed by atoms with van der Waals surface area (Å²) in [6.07, 6.45) is 4.30. The van der Waals surface area contributed by atoms with Gasteiger partial charge in [-0.25, -0.2) is 0 Å². The van der Waals surface area contributed by atoms with Gasteiger partial charge < -0.3 is 20.1 Å². The standard InChI is InChI=1S/C26H26N2O4S/c29-24(18-5-3-6-20(15-18)28-25(30)23-7-4-14-33-23)27-17-26(10-1-2-11-26)19-8-9-21-22(16-19)32-13-12-31-21/h3-9,14-16H,1-2,10-13,17H2,(H,27,29)(H,28,30). The molecule has 6 nitrogen and oxygen atoms in total. The molecule has 1 aliphatic carbocycles. The van der Waals surface area contributed by atoms with Crippen LogP contribution in [0.15, 0.2) is 60.0 Å². The Morgan fingerprint density at radius 3 is 2.52 bits per heavy atom. The van der Waals surface area contributed by atoms with Crippen LogP contribution in [0.25, 0.3) is 0 Å². The summed E-state index contributed by atoms with van der Waals surface area (Å²) in [6, 6.07) is 16.8. The molecule has 2 aromatic carbocycles. The van der Waals surface area contributed by atoms with Crippen LogP contribution in [0.5, 0.6) is 11.5 Å². The molecule has 1 saturated carbocycles. The molecule has 0 unspecified atom stereocenters. The highest BCUT2D eigenvalue weighted by Gasteiger charge is 2.37. The number of thiophene rings is 1. The topological polar surface area (TPSA) is 76.7 Å². The highest BCUT2D eigenvalue weighted by atomic mass is 32.1. The second-order valence-corrected chi connectivity index (χ2v) is 9.49. The Morgan fingerprint density at radius 2 is 1.73 bits per heavy atom. The van der Waals surface area contributed by atoms with Gasteiger partial charge in [-0.1, -0.05) is 31.0 Å². The van der Waals surface area contributed by atoms with Gasteiger partial charge in [0, 0.05) is 23.2 Å². The van der Waals surface area contributed by atoms with Crippen LogP contribution in [0.1, 0.15) is 51.3 Å². The van der Waals surface area contributed by atoms with Gasteiger partial charge in [-0.2, -0.15) is 0 Å². The molecule has 170 valence electrons. The van der Waals surface area contributed by atoms with E-state index in [1.807, 2.05) is 17.5 Å². The lowest BCUT2D eigenvalue weighted by atomic mass is 9.78. The van der Waals surface area contributed by atoms with Gasteiger partial charge in [-0.3, -0.25) is 9.59 Å². The van der Waals surface area contributed by atoms with Crippen molar-refractivity contribution >= 4 is 28.8 Å². The van der Waals surface area contributed by atoms with E-state index in [1.165, 1.54) is 16.9 Å². The molecular formula is C26H26N2O4S. The molecule has 1 fully saturated rings. The first-order valence-corrected chi connectivity index (χ1v) is 12.1. The average Bonchev–Trinajstić information content (AvgIpc) is 3.56. The number of anilines is 1. The maximum absolute atomic E-state index is 13.0. The number of fused-ring (bicyclic) bond motifs is 1. The van der Waals surface area contributed by atoms with Gasteiger partial charge in [0.25, 0.3) is 11.8 Å². The van der Waals surface area contributed by atoms with Crippen LogP contribution in [0, 0.1) is 0 Å². The number of hydrogen-bond acceptors (Lipinski definition) is 5. The quantitative estimate of drug-likeness (QED) is 0.540. The summed E-state index contributed by atoms with van der Waals surface area (Å²) in [6.45, 7) is 1.68. The lowest BCUT2D eigenvalue weighted by molar-refractivity contribution is 0.0942. The Kier molecular flexibility index (Phi) is 6.05. The summed E-state index contributed by atoms with van der Waals surface area (Å²) < 4.78 is 11.5. The molecule has 33 heavy (non-hydrogen) atoms. The number of benzene rings is 2. The fourth-order valence-electron chi connectivity index (χ4n) is 4.68. The first-order valence-electron chi connectivity index (χ1n) is 11.3. The van der Waals surface area contributed by atoms with E-state index >= 15 is 0 Å². The van der Waals surface area contributed by atoms with Crippen molar-refractivity contribution in [2.75, 3.05) is 25.1 Å². The van der Waals surface area contributed by atoms with Crippen LogP contribution < -0.4 is 20.1 Å². The monoisotopic (exact) mass is 462 g/mol. The lowest BCUT2D eigenvalue weighted by Gasteiger charge is -2.31. The van der Waals surface area contributed by atoms with Gasteiger partial charge >= 0.3 is 0 Å². The number of ether oxygens (including phenoxy) is 2. The SMILES string of the molecule is O=C(NCC1(c2ccc3c(c2)OCCO3)CCCC1)c1cccc(NC(=O)c2cccs2)c1. The van der Waals surface area contributed by atoms with E-state index in [2.05, 4.69) is 22.8 Å². The molecular weight excluding hydrogens is 436 g/mol. The predicted octanol–water partition coefficient (Wildman–Crippen LogP) is 5.01.